The van der Waals surface area contributed by atoms with Crippen molar-refractivity contribution in [1.82, 2.24) is 0 Å². The monoisotopic (exact) mass is 277 g/mol. The van der Waals surface area contributed by atoms with Crippen molar-refractivity contribution in [3.05, 3.63) is 29.8 Å². The molecule has 0 radical (unpaired) electrons. The molecule has 3 atom stereocenters. The summed E-state index contributed by atoms with van der Waals surface area (Å²) in [5.41, 5.74) is 7.77. The molecule has 0 aromatic heterocycles. The molecule has 1 nitrogen and oxygen atoms in total. The molecule has 1 saturated carbocycles. The maximum absolute atomic E-state index is 6.44. The molecule has 2 N–H and O–H groups in total. The van der Waals surface area contributed by atoms with Crippen molar-refractivity contribution in [3.63, 3.8) is 0 Å². The minimum Gasteiger partial charge on any atom is -0.327 e. The normalized spacial score (nSPS) is 29.2. The minimum atomic E-state index is 0.343. The molecular formula is C17H27NS. The second-order valence-electron chi connectivity index (χ2n) is 6.47. The minimum absolute atomic E-state index is 0.343. The first kappa shape index (κ1) is 14.9. The number of hydrogen-bond donors (Lipinski definition) is 1. The number of thioether (sulfide) groups is 1. The van der Waals surface area contributed by atoms with Crippen molar-refractivity contribution in [1.29, 1.82) is 0 Å². The Morgan fingerprint density at radius 2 is 1.89 bits per heavy atom. The van der Waals surface area contributed by atoms with Gasteiger partial charge in [-0.25, -0.2) is 0 Å². The summed E-state index contributed by atoms with van der Waals surface area (Å²) in [4.78, 5) is 1.35. The number of benzene rings is 1. The van der Waals surface area contributed by atoms with E-state index in [1.54, 1.807) is 0 Å². The standard InChI is InChI=1S/C17H27NS/c1-12-5-4-6-16(10-12)19-11-17(18)15-8-13(2)7-14(3)9-15/h4-6,10,13-15,17H,7-9,11,18H2,1-3H3. The van der Waals surface area contributed by atoms with Crippen LogP contribution in [-0.4, -0.2) is 11.8 Å². The third kappa shape index (κ3) is 4.54. The first-order chi connectivity index (χ1) is 9.04. The van der Waals surface area contributed by atoms with E-state index < -0.39 is 0 Å². The maximum Gasteiger partial charge on any atom is 0.0162 e. The molecule has 1 aliphatic carbocycles. The van der Waals surface area contributed by atoms with Gasteiger partial charge in [0.15, 0.2) is 0 Å². The molecule has 1 aromatic rings. The Bertz CT molecular complexity index is 394. The molecule has 0 bridgehead atoms. The lowest BCUT2D eigenvalue weighted by molar-refractivity contribution is 0.200. The van der Waals surface area contributed by atoms with Crippen LogP contribution in [0.1, 0.15) is 38.7 Å². The number of rotatable bonds is 4. The molecule has 3 unspecified atom stereocenters. The average molecular weight is 277 g/mol. The molecule has 1 aromatic carbocycles. The second-order valence-corrected chi connectivity index (χ2v) is 7.56. The van der Waals surface area contributed by atoms with Crippen LogP contribution in [0.3, 0.4) is 0 Å². The van der Waals surface area contributed by atoms with Crippen molar-refractivity contribution < 1.29 is 0 Å². The third-order valence-electron chi connectivity index (χ3n) is 4.25. The van der Waals surface area contributed by atoms with Crippen LogP contribution in [0.4, 0.5) is 0 Å². The lowest BCUT2D eigenvalue weighted by atomic mass is 9.74. The van der Waals surface area contributed by atoms with Gasteiger partial charge in [0, 0.05) is 16.7 Å². The molecule has 0 aliphatic heterocycles. The van der Waals surface area contributed by atoms with Gasteiger partial charge in [-0.2, -0.15) is 0 Å². The van der Waals surface area contributed by atoms with E-state index in [9.17, 15) is 0 Å². The van der Waals surface area contributed by atoms with Gasteiger partial charge >= 0.3 is 0 Å². The van der Waals surface area contributed by atoms with E-state index in [0.717, 1.165) is 23.5 Å². The van der Waals surface area contributed by atoms with Crippen LogP contribution >= 0.6 is 11.8 Å². The van der Waals surface area contributed by atoms with Crippen molar-refractivity contribution in [2.45, 2.75) is 51.0 Å². The molecule has 0 saturated heterocycles. The van der Waals surface area contributed by atoms with Gasteiger partial charge in [-0.3, -0.25) is 0 Å². The Morgan fingerprint density at radius 1 is 1.21 bits per heavy atom. The SMILES string of the molecule is Cc1cccc(SCC(N)C2CC(C)CC(C)C2)c1. The van der Waals surface area contributed by atoms with Gasteiger partial charge < -0.3 is 5.73 Å². The van der Waals surface area contributed by atoms with Gasteiger partial charge in [0.2, 0.25) is 0 Å². The van der Waals surface area contributed by atoms with E-state index in [0.29, 0.717) is 6.04 Å². The molecule has 1 aliphatic rings. The highest BCUT2D eigenvalue weighted by atomic mass is 32.2. The molecule has 19 heavy (non-hydrogen) atoms. The summed E-state index contributed by atoms with van der Waals surface area (Å²) >= 11 is 1.91. The quantitative estimate of drug-likeness (QED) is 0.821. The smallest absolute Gasteiger partial charge is 0.0162 e. The highest BCUT2D eigenvalue weighted by Gasteiger charge is 2.28. The Kier molecular flexibility index (Phi) is 5.35. The number of aryl methyl sites for hydroxylation is 1. The molecule has 2 heteroatoms. The summed E-state index contributed by atoms with van der Waals surface area (Å²) in [6.45, 7) is 6.90. The molecule has 2 rings (SSSR count). The Balaban J connectivity index is 1.85. The fourth-order valence-corrected chi connectivity index (χ4v) is 4.49. The maximum atomic E-state index is 6.44. The summed E-state index contributed by atoms with van der Waals surface area (Å²) in [6, 6.07) is 9.07. The Morgan fingerprint density at radius 3 is 2.53 bits per heavy atom. The van der Waals surface area contributed by atoms with Crippen LogP contribution in [0.15, 0.2) is 29.2 Å². The lowest BCUT2D eigenvalue weighted by Gasteiger charge is -2.34. The summed E-state index contributed by atoms with van der Waals surface area (Å²) in [7, 11) is 0. The van der Waals surface area contributed by atoms with Gasteiger partial charge in [0.1, 0.15) is 0 Å². The zero-order valence-electron chi connectivity index (χ0n) is 12.4. The largest absolute Gasteiger partial charge is 0.327 e. The van der Waals surface area contributed by atoms with Gasteiger partial charge in [0.05, 0.1) is 0 Å². The molecule has 106 valence electrons. The van der Waals surface area contributed by atoms with E-state index in [1.165, 1.54) is 29.7 Å². The first-order valence-corrected chi connectivity index (χ1v) is 8.48. The number of nitrogens with two attached hydrogens (primary N) is 1. The van der Waals surface area contributed by atoms with Crippen molar-refractivity contribution >= 4 is 11.8 Å². The van der Waals surface area contributed by atoms with E-state index in [2.05, 4.69) is 45.0 Å². The zero-order chi connectivity index (χ0) is 13.8. The summed E-state index contributed by atoms with van der Waals surface area (Å²) < 4.78 is 0. The predicted octanol–water partition coefficient (Wildman–Crippen LogP) is 4.49. The predicted molar refractivity (Wildman–Crippen MR) is 85.5 cm³/mol. The highest BCUT2D eigenvalue weighted by molar-refractivity contribution is 7.99. The molecule has 1 fully saturated rings. The molecule has 0 amide bonds. The van der Waals surface area contributed by atoms with Crippen molar-refractivity contribution in [3.8, 4) is 0 Å². The third-order valence-corrected chi connectivity index (χ3v) is 5.39. The van der Waals surface area contributed by atoms with E-state index in [4.69, 9.17) is 5.73 Å². The second kappa shape index (κ2) is 6.81. The van der Waals surface area contributed by atoms with Crippen molar-refractivity contribution in [2.24, 2.45) is 23.5 Å². The van der Waals surface area contributed by atoms with Crippen molar-refractivity contribution in [2.75, 3.05) is 5.75 Å². The van der Waals surface area contributed by atoms with Crippen LogP contribution < -0.4 is 5.73 Å². The zero-order valence-corrected chi connectivity index (χ0v) is 13.2. The Hall–Kier alpha value is -0.470. The van der Waals surface area contributed by atoms with Crippen LogP contribution in [0.25, 0.3) is 0 Å². The fourth-order valence-electron chi connectivity index (χ4n) is 3.39. The Labute approximate surface area is 122 Å². The lowest BCUT2D eigenvalue weighted by Crippen LogP contribution is -2.37. The fraction of sp³-hybridized carbons (Fsp3) is 0.647. The van der Waals surface area contributed by atoms with Gasteiger partial charge in [-0.05, 0) is 56.1 Å². The number of hydrogen-bond acceptors (Lipinski definition) is 2. The van der Waals surface area contributed by atoms with E-state index in [-0.39, 0.29) is 0 Å². The first-order valence-electron chi connectivity index (χ1n) is 7.49. The molecule has 0 spiro atoms. The summed E-state index contributed by atoms with van der Waals surface area (Å²) in [5, 5.41) is 0. The summed E-state index contributed by atoms with van der Waals surface area (Å²) in [5.74, 6) is 3.47. The highest BCUT2D eigenvalue weighted by Crippen LogP contribution is 2.35. The molecular weight excluding hydrogens is 250 g/mol. The van der Waals surface area contributed by atoms with Crippen LogP contribution in [-0.2, 0) is 0 Å². The van der Waals surface area contributed by atoms with E-state index >= 15 is 0 Å². The van der Waals surface area contributed by atoms with Crippen LogP contribution in [0.5, 0.6) is 0 Å². The molecule has 0 heterocycles. The average Bonchev–Trinajstić information content (AvgIpc) is 2.35. The van der Waals surface area contributed by atoms with Gasteiger partial charge in [-0.15, -0.1) is 11.8 Å². The topological polar surface area (TPSA) is 26.0 Å². The van der Waals surface area contributed by atoms with Gasteiger partial charge in [-0.1, -0.05) is 31.5 Å². The van der Waals surface area contributed by atoms with Crippen LogP contribution in [0.2, 0.25) is 0 Å². The van der Waals surface area contributed by atoms with Gasteiger partial charge in [0.25, 0.3) is 0 Å². The van der Waals surface area contributed by atoms with E-state index in [1.807, 2.05) is 11.8 Å². The summed E-state index contributed by atoms with van der Waals surface area (Å²) in [6.07, 6.45) is 4.02. The van der Waals surface area contributed by atoms with Crippen LogP contribution in [0, 0.1) is 24.7 Å².